The van der Waals surface area contributed by atoms with Crippen LogP contribution in [0, 0.1) is 0 Å². The van der Waals surface area contributed by atoms with Crippen molar-refractivity contribution in [1.29, 1.82) is 0 Å². The molecule has 0 bridgehead atoms. The quantitative estimate of drug-likeness (QED) is 0.516. The van der Waals surface area contributed by atoms with Gasteiger partial charge in [0.25, 0.3) is 0 Å². The van der Waals surface area contributed by atoms with Gasteiger partial charge in [0.15, 0.2) is 0 Å². The highest BCUT2D eigenvalue weighted by molar-refractivity contribution is 5.13. The van der Waals surface area contributed by atoms with E-state index in [0.29, 0.717) is 13.2 Å². The predicted molar refractivity (Wildman–Crippen MR) is 55.4 cm³/mol. The number of piperidine rings is 1. The van der Waals surface area contributed by atoms with Gasteiger partial charge in [0.1, 0.15) is 6.61 Å². The Hall–Kier alpha value is -1.16. The first-order chi connectivity index (χ1) is 6.86. The van der Waals surface area contributed by atoms with E-state index in [-0.39, 0.29) is 0 Å². The summed E-state index contributed by atoms with van der Waals surface area (Å²) in [6, 6.07) is 0. The summed E-state index contributed by atoms with van der Waals surface area (Å²) >= 11 is 0. The Labute approximate surface area is 84.8 Å². The minimum absolute atomic E-state index is 0.611. The lowest BCUT2D eigenvalue weighted by Gasteiger charge is -2.19. The number of nitrogens with two attached hydrogens (primary N) is 1. The molecule has 1 saturated heterocycles. The van der Waals surface area contributed by atoms with Gasteiger partial charge in [-0.15, -0.1) is 0 Å². The van der Waals surface area contributed by atoms with Crippen LogP contribution in [0.4, 0.5) is 0 Å². The molecule has 1 rings (SSSR count). The summed E-state index contributed by atoms with van der Waals surface area (Å²) in [5.74, 6) is 0. The molecule has 0 aromatic rings. The number of hydrogen-bond donors (Lipinski definition) is 2. The van der Waals surface area contributed by atoms with E-state index >= 15 is 0 Å². The molecule has 1 fully saturated rings. The van der Waals surface area contributed by atoms with Crippen molar-refractivity contribution in [1.82, 2.24) is 5.32 Å². The molecule has 4 heteroatoms. The van der Waals surface area contributed by atoms with Crippen molar-refractivity contribution in [3.63, 3.8) is 0 Å². The van der Waals surface area contributed by atoms with Crippen LogP contribution >= 0.6 is 0 Å². The number of hydrogen-bond acceptors (Lipinski definition) is 4. The molecule has 1 heterocycles. The van der Waals surface area contributed by atoms with Gasteiger partial charge < -0.3 is 20.5 Å². The van der Waals surface area contributed by atoms with E-state index in [0.717, 1.165) is 25.1 Å². The molecule has 0 aromatic heterocycles. The molecule has 3 N–H and O–H groups in total. The molecule has 0 radical (unpaired) electrons. The largest absolute Gasteiger partial charge is 0.499 e. The zero-order chi connectivity index (χ0) is 10.2. The van der Waals surface area contributed by atoms with E-state index in [4.69, 9.17) is 15.2 Å². The molecule has 0 aromatic carbocycles. The Kier molecular flexibility index (Phi) is 4.93. The normalized spacial score (nSPS) is 22.4. The molecule has 1 aliphatic heterocycles. The molecule has 4 nitrogen and oxygen atoms in total. The number of ether oxygens (including phenoxy) is 2. The third kappa shape index (κ3) is 3.70. The maximum atomic E-state index is 5.40. The number of rotatable bonds is 4. The fraction of sp³-hybridized carbons (Fsp3) is 0.600. The first kappa shape index (κ1) is 10.9. The minimum Gasteiger partial charge on any atom is -0.499 e. The summed E-state index contributed by atoms with van der Waals surface area (Å²) in [7, 11) is 1.66. The third-order valence-corrected chi connectivity index (χ3v) is 2.11. The van der Waals surface area contributed by atoms with Crippen molar-refractivity contribution in [2.45, 2.75) is 12.8 Å². The van der Waals surface area contributed by atoms with Gasteiger partial charge in [-0.1, -0.05) is 0 Å². The summed E-state index contributed by atoms with van der Waals surface area (Å²) in [5.41, 5.74) is 7.78. The monoisotopic (exact) mass is 198 g/mol. The van der Waals surface area contributed by atoms with Crippen molar-refractivity contribution < 1.29 is 9.47 Å². The van der Waals surface area contributed by atoms with Gasteiger partial charge in [0.2, 0.25) is 0 Å². The van der Waals surface area contributed by atoms with Crippen LogP contribution in [0.3, 0.4) is 0 Å². The lowest BCUT2D eigenvalue weighted by molar-refractivity contribution is 0.122. The van der Waals surface area contributed by atoms with Crippen molar-refractivity contribution in [2.24, 2.45) is 5.73 Å². The summed E-state index contributed by atoms with van der Waals surface area (Å²) < 4.78 is 10.2. The molecule has 0 spiro atoms. The maximum Gasteiger partial charge on any atom is 0.111 e. The second-order valence-electron chi connectivity index (χ2n) is 3.19. The van der Waals surface area contributed by atoms with E-state index < -0.39 is 0 Å². The second kappa shape index (κ2) is 6.32. The van der Waals surface area contributed by atoms with Crippen LogP contribution in [-0.4, -0.2) is 26.9 Å². The fourth-order valence-electron chi connectivity index (χ4n) is 1.25. The van der Waals surface area contributed by atoms with Gasteiger partial charge in [0, 0.05) is 25.6 Å². The Morgan fingerprint density at radius 1 is 1.43 bits per heavy atom. The van der Waals surface area contributed by atoms with Gasteiger partial charge in [-0.25, -0.2) is 0 Å². The van der Waals surface area contributed by atoms with Crippen LogP contribution in [0.1, 0.15) is 12.8 Å². The predicted octanol–water partition coefficient (Wildman–Crippen LogP) is 0.717. The van der Waals surface area contributed by atoms with Crippen LogP contribution in [-0.2, 0) is 9.47 Å². The zero-order valence-electron chi connectivity index (χ0n) is 8.58. The van der Waals surface area contributed by atoms with Crippen molar-refractivity contribution in [3.05, 3.63) is 23.7 Å². The number of methoxy groups -OCH3 is 1. The van der Waals surface area contributed by atoms with Crippen LogP contribution in [0.15, 0.2) is 23.7 Å². The molecular weight excluding hydrogens is 180 g/mol. The summed E-state index contributed by atoms with van der Waals surface area (Å²) in [6.07, 6.45) is 5.43. The molecule has 0 aliphatic carbocycles. The first-order valence-corrected chi connectivity index (χ1v) is 4.80. The second-order valence-corrected chi connectivity index (χ2v) is 3.19. The average molecular weight is 198 g/mol. The molecule has 0 unspecified atom stereocenters. The topological polar surface area (TPSA) is 56.5 Å². The Balaban J connectivity index is 2.20. The number of nitrogens with one attached hydrogen (secondary N) is 1. The first-order valence-electron chi connectivity index (χ1n) is 4.80. The average Bonchev–Trinajstić information content (AvgIpc) is 2.25. The zero-order valence-corrected chi connectivity index (χ0v) is 8.58. The molecular formula is C10H18N2O2. The van der Waals surface area contributed by atoms with Gasteiger partial charge in [-0.05, 0) is 18.4 Å². The van der Waals surface area contributed by atoms with Crippen molar-refractivity contribution >= 4 is 0 Å². The molecule has 1 aliphatic rings. The van der Waals surface area contributed by atoms with Gasteiger partial charge in [-0.2, -0.15) is 0 Å². The Bertz CT molecular complexity index is 212. The SMILES string of the molecule is COCCO/C=C1\CC/C(=C/N)NC1. The van der Waals surface area contributed by atoms with Crippen molar-refractivity contribution in [3.8, 4) is 0 Å². The van der Waals surface area contributed by atoms with E-state index in [2.05, 4.69) is 5.32 Å². The van der Waals surface area contributed by atoms with E-state index in [1.54, 1.807) is 13.3 Å². The third-order valence-electron chi connectivity index (χ3n) is 2.11. The molecule has 0 atom stereocenters. The standard InChI is InChI=1S/C10H18N2O2/c1-13-4-5-14-8-9-2-3-10(6-11)12-7-9/h6,8,12H,2-5,7,11H2,1H3/b9-8+,10-6-. The van der Waals surface area contributed by atoms with Crippen molar-refractivity contribution in [2.75, 3.05) is 26.9 Å². The highest BCUT2D eigenvalue weighted by atomic mass is 16.5. The van der Waals surface area contributed by atoms with Gasteiger partial charge in [0.05, 0.1) is 12.9 Å². The van der Waals surface area contributed by atoms with Crippen LogP contribution < -0.4 is 11.1 Å². The summed E-state index contributed by atoms with van der Waals surface area (Å²) in [4.78, 5) is 0. The number of allylic oxidation sites excluding steroid dienone is 1. The van der Waals surface area contributed by atoms with E-state index in [1.165, 1.54) is 5.57 Å². The molecule has 0 amide bonds. The molecule has 0 saturated carbocycles. The van der Waals surface area contributed by atoms with E-state index in [9.17, 15) is 0 Å². The lowest BCUT2D eigenvalue weighted by Crippen LogP contribution is -2.23. The summed E-state index contributed by atoms with van der Waals surface area (Å²) in [5, 5.41) is 3.22. The smallest absolute Gasteiger partial charge is 0.111 e. The highest BCUT2D eigenvalue weighted by Crippen LogP contribution is 2.14. The van der Waals surface area contributed by atoms with Crippen LogP contribution in [0.2, 0.25) is 0 Å². The molecule has 14 heavy (non-hydrogen) atoms. The maximum absolute atomic E-state index is 5.40. The Morgan fingerprint density at radius 3 is 2.86 bits per heavy atom. The minimum atomic E-state index is 0.611. The molecule has 80 valence electrons. The lowest BCUT2D eigenvalue weighted by atomic mass is 10.1. The van der Waals surface area contributed by atoms with Crippen LogP contribution in [0.25, 0.3) is 0 Å². The van der Waals surface area contributed by atoms with E-state index in [1.807, 2.05) is 6.26 Å². The van der Waals surface area contributed by atoms with Crippen LogP contribution in [0.5, 0.6) is 0 Å². The fourth-order valence-corrected chi connectivity index (χ4v) is 1.25. The summed E-state index contributed by atoms with van der Waals surface area (Å²) in [6.45, 7) is 2.07. The Morgan fingerprint density at radius 2 is 2.29 bits per heavy atom. The highest BCUT2D eigenvalue weighted by Gasteiger charge is 2.08. The van der Waals surface area contributed by atoms with Gasteiger partial charge >= 0.3 is 0 Å². The van der Waals surface area contributed by atoms with Gasteiger partial charge in [-0.3, -0.25) is 0 Å².